The second kappa shape index (κ2) is 6.24. The van der Waals surface area contributed by atoms with E-state index in [1.807, 2.05) is 0 Å². The minimum Gasteiger partial charge on any atom is -0.494 e. The topological polar surface area (TPSA) is 141 Å². The fourth-order valence-corrected chi connectivity index (χ4v) is 1.34. The summed E-state index contributed by atoms with van der Waals surface area (Å²) < 4.78 is 5.11. The highest BCUT2D eigenvalue weighted by atomic mass is 16.5. The summed E-state index contributed by atoms with van der Waals surface area (Å²) >= 11 is 0. The second-order valence-corrected chi connectivity index (χ2v) is 3.47. The molecule has 0 fully saturated rings. The minimum atomic E-state index is -0.250. The number of hydrogen-bond donors (Lipinski definition) is 4. The van der Waals surface area contributed by atoms with Crippen LogP contribution in [0.1, 0.15) is 10.4 Å². The Morgan fingerprint density at radius 2 is 2.00 bits per heavy atom. The molecule has 0 saturated heterocycles. The van der Waals surface area contributed by atoms with E-state index in [2.05, 4.69) is 15.3 Å². The predicted octanol–water partition coefficient (Wildman–Crippen LogP) is -0.726. The van der Waals surface area contributed by atoms with Gasteiger partial charge in [0.1, 0.15) is 11.4 Å². The number of amides is 1. The Hall–Kier alpha value is -2.77. The molecule has 0 saturated carbocycles. The number of guanidine groups is 2. The summed E-state index contributed by atoms with van der Waals surface area (Å²) in [5, 5.41) is 2.50. The number of nitrogens with zero attached hydrogens (tertiary/aromatic N) is 2. The van der Waals surface area contributed by atoms with Crippen molar-refractivity contribution in [2.75, 3.05) is 14.2 Å². The van der Waals surface area contributed by atoms with E-state index >= 15 is 0 Å². The molecule has 0 aliphatic heterocycles. The average Bonchev–Trinajstić information content (AvgIpc) is 2.36. The number of carbonyl (C=O) groups excluding carboxylic acids is 1. The predicted molar refractivity (Wildman–Crippen MR) is 73.5 cm³/mol. The molecule has 1 aromatic rings. The molecule has 7 N–H and O–H groups in total. The van der Waals surface area contributed by atoms with Gasteiger partial charge in [0.05, 0.1) is 7.11 Å². The van der Waals surface area contributed by atoms with Crippen molar-refractivity contribution in [2.45, 2.75) is 0 Å². The molecule has 102 valence electrons. The zero-order valence-corrected chi connectivity index (χ0v) is 10.7. The van der Waals surface area contributed by atoms with E-state index < -0.39 is 0 Å². The van der Waals surface area contributed by atoms with E-state index in [4.69, 9.17) is 21.9 Å². The van der Waals surface area contributed by atoms with E-state index in [1.54, 1.807) is 12.1 Å². The number of nitrogens with two attached hydrogens (primary N) is 3. The first kappa shape index (κ1) is 14.3. The van der Waals surface area contributed by atoms with Gasteiger partial charge in [-0.3, -0.25) is 4.79 Å². The van der Waals surface area contributed by atoms with Crippen molar-refractivity contribution in [1.82, 2.24) is 5.32 Å². The van der Waals surface area contributed by atoms with E-state index in [1.165, 1.54) is 20.2 Å². The summed E-state index contributed by atoms with van der Waals surface area (Å²) in [7, 11) is 3.01. The first-order valence-electron chi connectivity index (χ1n) is 5.31. The maximum atomic E-state index is 11.5. The van der Waals surface area contributed by atoms with Crippen LogP contribution in [0.4, 0.5) is 5.69 Å². The Kier molecular flexibility index (Phi) is 4.69. The van der Waals surface area contributed by atoms with E-state index in [9.17, 15) is 4.79 Å². The molecular formula is C11H16N6O2. The highest BCUT2D eigenvalue weighted by molar-refractivity contribution is 5.97. The molecule has 0 bridgehead atoms. The maximum absolute atomic E-state index is 11.5. The van der Waals surface area contributed by atoms with Gasteiger partial charge < -0.3 is 27.3 Å². The lowest BCUT2D eigenvalue weighted by molar-refractivity contribution is 0.0963. The Balaban J connectivity index is 3.23. The van der Waals surface area contributed by atoms with Gasteiger partial charge in [0.15, 0.2) is 5.96 Å². The van der Waals surface area contributed by atoms with Crippen LogP contribution in [0.2, 0.25) is 0 Å². The SMILES string of the molecule is CNC(=O)c1ccc(OC)c(N=C(N)N=C(N)N)c1. The largest absolute Gasteiger partial charge is 0.494 e. The number of hydrogen-bond acceptors (Lipinski definition) is 3. The van der Waals surface area contributed by atoms with Crippen LogP contribution in [0.3, 0.4) is 0 Å². The molecule has 1 amide bonds. The molecule has 0 aromatic heterocycles. The number of rotatable bonds is 3. The highest BCUT2D eigenvalue weighted by Crippen LogP contribution is 2.28. The van der Waals surface area contributed by atoms with Crippen molar-refractivity contribution in [2.24, 2.45) is 27.2 Å². The molecule has 8 heteroatoms. The lowest BCUT2D eigenvalue weighted by atomic mass is 10.2. The summed E-state index contributed by atoms with van der Waals surface area (Å²) in [6.45, 7) is 0. The zero-order chi connectivity index (χ0) is 14.4. The van der Waals surface area contributed by atoms with Crippen LogP contribution >= 0.6 is 0 Å². The third-order valence-corrected chi connectivity index (χ3v) is 2.15. The van der Waals surface area contributed by atoms with Crippen LogP contribution in [0, 0.1) is 0 Å². The van der Waals surface area contributed by atoms with Crippen molar-refractivity contribution in [3.05, 3.63) is 23.8 Å². The minimum absolute atomic E-state index is 0.132. The molecule has 1 rings (SSSR count). The maximum Gasteiger partial charge on any atom is 0.251 e. The molecule has 0 radical (unpaired) electrons. The van der Waals surface area contributed by atoms with Crippen molar-refractivity contribution < 1.29 is 9.53 Å². The summed E-state index contributed by atoms with van der Waals surface area (Å²) in [6.07, 6.45) is 0. The molecule has 0 aliphatic rings. The molecule has 19 heavy (non-hydrogen) atoms. The lowest BCUT2D eigenvalue weighted by Gasteiger charge is -2.07. The average molecular weight is 264 g/mol. The van der Waals surface area contributed by atoms with Crippen LogP contribution in [0.5, 0.6) is 5.75 Å². The van der Waals surface area contributed by atoms with Crippen molar-refractivity contribution >= 4 is 23.5 Å². The Labute approximate surface area is 110 Å². The number of benzene rings is 1. The monoisotopic (exact) mass is 264 g/mol. The third-order valence-electron chi connectivity index (χ3n) is 2.15. The molecule has 8 nitrogen and oxygen atoms in total. The third kappa shape index (κ3) is 3.87. The zero-order valence-electron chi connectivity index (χ0n) is 10.7. The van der Waals surface area contributed by atoms with E-state index in [0.29, 0.717) is 17.0 Å². The Morgan fingerprint density at radius 3 is 2.53 bits per heavy atom. The normalized spacial score (nSPS) is 10.7. The molecule has 0 unspecified atom stereocenters. The van der Waals surface area contributed by atoms with Crippen LogP contribution in [-0.4, -0.2) is 32.0 Å². The number of aliphatic imine (C=N–C) groups is 2. The van der Waals surface area contributed by atoms with E-state index in [0.717, 1.165) is 0 Å². The van der Waals surface area contributed by atoms with E-state index in [-0.39, 0.29) is 17.8 Å². The van der Waals surface area contributed by atoms with Gasteiger partial charge in [-0.15, -0.1) is 0 Å². The Bertz CT molecular complexity index is 534. The first-order valence-corrected chi connectivity index (χ1v) is 5.31. The van der Waals surface area contributed by atoms with Crippen LogP contribution in [0.25, 0.3) is 0 Å². The number of carbonyl (C=O) groups is 1. The molecule has 0 heterocycles. The smallest absolute Gasteiger partial charge is 0.251 e. The van der Waals surface area contributed by atoms with Crippen LogP contribution in [0.15, 0.2) is 28.2 Å². The van der Waals surface area contributed by atoms with Gasteiger partial charge in [-0.25, -0.2) is 4.99 Å². The fourth-order valence-electron chi connectivity index (χ4n) is 1.34. The van der Waals surface area contributed by atoms with Gasteiger partial charge in [-0.05, 0) is 18.2 Å². The van der Waals surface area contributed by atoms with Crippen molar-refractivity contribution in [3.63, 3.8) is 0 Å². The molecule has 0 atom stereocenters. The molecular weight excluding hydrogens is 248 g/mol. The fraction of sp³-hybridized carbons (Fsp3) is 0.182. The van der Waals surface area contributed by atoms with Gasteiger partial charge in [0, 0.05) is 12.6 Å². The number of ether oxygens (including phenoxy) is 1. The molecule has 1 aromatic carbocycles. The molecule has 0 aliphatic carbocycles. The summed E-state index contributed by atoms with van der Waals surface area (Å²) in [6, 6.07) is 4.73. The van der Waals surface area contributed by atoms with Crippen molar-refractivity contribution in [1.29, 1.82) is 0 Å². The highest BCUT2D eigenvalue weighted by Gasteiger charge is 2.09. The van der Waals surface area contributed by atoms with Gasteiger partial charge >= 0.3 is 0 Å². The summed E-state index contributed by atoms with van der Waals surface area (Å²) in [4.78, 5) is 19.1. The summed E-state index contributed by atoms with van der Waals surface area (Å²) in [5.74, 6) is -0.143. The second-order valence-electron chi connectivity index (χ2n) is 3.47. The standard InChI is InChI=1S/C11H16N6O2/c1-15-9(18)6-3-4-8(19-2)7(5-6)16-11(14)17-10(12)13/h3-5H,1-2H3,(H,15,18)(H6,12,13,14,16,17). The van der Waals surface area contributed by atoms with Crippen molar-refractivity contribution in [3.8, 4) is 5.75 Å². The lowest BCUT2D eigenvalue weighted by Crippen LogP contribution is -2.26. The Morgan fingerprint density at radius 1 is 1.32 bits per heavy atom. The quantitative estimate of drug-likeness (QED) is 0.421. The van der Waals surface area contributed by atoms with Gasteiger partial charge in [-0.2, -0.15) is 4.99 Å². The van der Waals surface area contributed by atoms with Gasteiger partial charge in [0.25, 0.3) is 5.91 Å². The first-order chi connectivity index (χ1) is 8.97. The van der Waals surface area contributed by atoms with Crippen LogP contribution in [-0.2, 0) is 0 Å². The summed E-state index contributed by atoms with van der Waals surface area (Å²) in [5.41, 5.74) is 16.7. The van der Waals surface area contributed by atoms with Gasteiger partial charge in [0.2, 0.25) is 5.96 Å². The van der Waals surface area contributed by atoms with Gasteiger partial charge in [-0.1, -0.05) is 0 Å². The van der Waals surface area contributed by atoms with Crippen LogP contribution < -0.4 is 27.3 Å². The number of nitrogens with one attached hydrogen (secondary N) is 1. The molecule has 0 spiro atoms. The number of methoxy groups -OCH3 is 1.